The minimum Gasteiger partial charge on any atom is -0.481 e. The third-order valence-electron chi connectivity index (χ3n) is 3.13. The monoisotopic (exact) mass is 260 g/mol. The van der Waals surface area contributed by atoms with Crippen molar-refractivity contribution in [3.8, 4) is 0 Å². The van der Waals surface area contributed by atoms with E-state index in [1.807, 2.05) is 0 Å². The Morgan fingerprint density at radius 1 is 0.944 bits per heavy atom. The topological polar surface area (TPSA) is 63.6 Å². The summed E-state index contributed by atoms with van der Waals surface area (Å²) >= 11 is 0. The van der Waals surface area contributed by atoms with E-state index in [0.29, 0.717) is 0 Å². The van der Waals surface area contributed by atoms with Crippen LogP contribution in [0.3, 0.4) is 0 Å². The Kier molecular flexibility index (Phi) is 10.6. The highest BCUT2D eigenvalue weighted by atomic mass is 16.5. The van der Waals surface area contributed by atoms with Crippen LogP contribution in [0.15, 0.2) is 0 Å². The second kappa shape index (κ2) is 9.92. The number of carbonyl (C=O) groups is 2. The lowest BCUT2D eigenvalue weighted by Gasteiger charge is -2.13. The maximum atomic E-state index is 11.0. The van der Waals surface area contributed by atoms with E-state index in [1.54, 1.807) is 13.8 Å². The second-order valence-corrected chi connectivity index (χ2v) is 5.16. The molecule has 0 aromatic carbocycles. The first-order valence-corrected chi connectivity index (χ1v) is 6.54. The predicted octanol–water partition coefficient (Wildman–Crippen LogP) is 3.20. The number of carbonyl (C=O) groups excluding carboxylic acids is 1. The van der Waals surface area contributed by atoms with Crippen molar-refractivity contribution < 1.29 is 19.4 Å². The van der Waals surface area contributed by atoms with Crippen LogP contribution in [0, 0.1) is 23.7 Å². The van der Waals surface area contributed by atoms with Gasteiger partial charge in [0.15, 0.2) is 0 Å². The summed E-state index contributed by atoms with van der Waals surface area (Å²) in [5.74, 6) is -0.996. The van der Waals surface area contributed by atoms with Gasteiger partial charge in [0.25, 0.3) is 0 Å². The van der Waals surface area contributed by atoms with Gasteiger partial charge in [-0.15, -0.1) is 0 Å². The van der Waals surface area contributed by atoms with Crippen LogP contribution in [-0.2, 0) is 14.3 Å². The molecule has 2 unspecified atom stereocenters. The van der Waals surface area contributed by atoms with Gasteiger partial charge in [0, 0.05) is 0 Å². The van der Waals surface area contributed by atoms with Crippen LogP contribution in [0.4, 0.5) is 0 Å². The highest BCUT2D eigenvalue weighted by molar-refractivity contribution is 5.80. The first-order valence-electron chi connectivity index (χ1n) is 6.54. The van der Waals surface area contributed by atoms with E-state index in [4.69, 9.17) is 5.11 Å². The smallest absolute Gasteiger partial charge is 0.309 e. The SMILES string of the molecule is CC(C)C(C)C.CCOC(=O)C(C)C(C)C(=O)O. The first kappa shape index (κ1) is 19.3. The lowest BCUT2D eigenvalue weighted by atomic mass is 9.96. The summed E-state index contributed by atoms with van der Waals surface area (Å²) in [5, 5.41) is 8.56. The fourth-order valence-corrected chi connectivity index (χ4v) is 0.692. The largest absolute Gasteiger partial charge is 0.481 e. The maximum Gasteiger partial charge on any atom is 0.309 e. The van der Waals surface area contributed by atoms with Crippen LogP contribution in [0.2, 0.25) is 0 Å². The predicted molar refractivity (Wildman–Crippen MR) is 72.3 cm³/mol. The van der Waals surface area contributed by atoms with Crippen LogP contribution >= 0.6 is 0 Å². The Morgan fingerprint density at radius 2 is 1.33 bits per heavy atom. The van der Waals surface area contributed by atoms with E-state index in [9.17, 15) is 9.59 Å². The van der Waals surface area contributed by atoms with E-state index in [-0.39, 0.29) is 6.61 Å². The molecule has 0 aliphatic rings. The summed E-state index contributed by atoms with van der Waals surface area (Å²) in [6.45, 7) is 14.0. The van der Waals surface area contributed by atoms with Gasteiger partial charge in [0.1, 0.15) is 0 Å². The van der Waals surface area contributed by atoms with Gasteiger partial charge in [-0.1, -0.05) is 41.5 Å². The van der Waals surface area contributed by atoms with Crippen LogP contribution in [-0.4, -0.2) is 23.7 Å². The summed E-state index contributed by atoms with van der Waals surface area (Å²) in [6, 6.07) is 0. The summed E-state index contributed by atoms with van der Waals surface area (Å²) in [7, 11) is 0. The Balaban J connectivity index is 0. The summed E-state index contributed by atoms with van der Waals surface area (Å²) < 4.78 is 4.67. The van der Waals surface area contributed by atoms with Gasteiger partial charge >= 0.3 is 11.9 Å². The highest BCUT2D eigenvalue weighted by Gasteiger charge is 2.26. The molecular formula is C14H28O4. The van der Waals surface area contributed by atoms with Crippen LogP contribution in [0.1, 0.15) is 48.5 Å². The zero-order valence-electron chi connectivity index (χ0n) is 12.7. The molecule has 1 N–H and O–H groups in total. The molecule has 0 fully saturated rings. The molecule has 0 rings (SSSR count). The average molecular weight is 260 g/mol. The van der Waals surface area contributed by atoms with E-state index in [1.165, 1.54) is 6.92 Å². The summed E-state index contributed by atoms with van der Waals surface area (Å²) in [6.07, 6.45) is 0. The number of carboxylic acid groups (broad SMARTS) is 1. The normalized spacial score (nSPS) is 13.6. The lowest BCUT2D eigenvalue weighted by molar-refractivity contribution is -0.156. The molecule has 0 radical (unpaired) electrons. The molecule has 18 heavy (non-hydrogen) atoms. The standard InChI is InChI=1S/C8H14O4.C6H14/c1-4-12-8(11)6(3)5(2)7(9)10;1-5(2)6(3)4/h5-6H,4H2,1-3H3,(H,9,10);5-6H,1-4H3. The van der Waals surface area contributed by atoms with Crippen molar-refractivity contribution in [3.63, 3.8) is 0 Å². The average Bonchev–Trinajstić information content (AvgIpc) is 2.27. The van der Waals surface area contributed by atoms with Gasteiger partial charge in [-0.3, -0.25) is 9.59 Å². The molecule has 108 valence electrons. The van der Waals surface area contributed by atoms with Crippen LogP contribution in [0.5, 0.6) is 0 Å². The second-order valence-electron chi connectivity index (χ2n) is 5.16. The van der Waals surface area contributed by atoms with Gasteiger partial charge in [0.2, 0.25) is 0 Å². The third-order valence-corrected chi connectivity index (χ3v) is 3.13. The number of hydrogen-bond donors (Lipinski definition) is 1. The number of rotatable bonds is 5. The molecule has 0 aromatic rings. The zero-order chi connectivity index (χ0) is 14.9. The number of hydrogen-bond acceptors (Lipinski definition) is 3. The van der Waals surface area contributed by atoms with E-state index < -0.39 is 23.8 Å². The highest BCUT2D eigenvalue weighted by Crippen LogP contribution is 2.12. The Labute approximate surface area is 111 Å². The van der Waals surface area contributed by atoms with Crippen molar-refractivity contribution in [3.05, 3.63) is 0 Å². The fraction of sp³-hybridized carbons (Fsp3) is 0.857. The van der Waals surface area contributed by atoms with Crippen molar-refractivity contribution in [2.24, 2.45) is 23.7 Å². The molecule has 0 aliphatic heterocycles. The van der Waals surface area contributed by atoms with Crippen molar-refractivity contribution in [2.75, 3.05) is 6.61 Å². The molecule has 0 saturated carbocycles. The fourth-order valence-electron chi connectivity index (χ4n) is 0.692. The number of carboxylic acids is 1. The van der Waals surface area contributed by atoms with Gasteiger partial charge in [-0.25, -0.2) is 0 Å². The van der Waals surface area contributed by atoms with Crippen LogP contribution < -0.4 is 0 Å². The van der Waals surface area contributed by atoms with Crippen molar-refractivity contribution in [2.45, 2.75) is 48.5 Å². The minimum atomic E-state index is -0.976. The molecular weight excluding hydrogens is 232 g/mol. The quantitative estimate of drug-likeness (QED) is 0.771. The summed E-state index contributed by atoms with van der Waals surface area (Å²) in [5.41, 5.74) is 0. The molecule has 4 nitrogen and oxygen atoms in total. The molecule has 0 aromatic heterocycles. The van der Waals surface area contributed by atoms with E-state index in [0.717, 1.165) is 11.8 Å². The van der Waals surface area contributed by atoms with Gasteiger partial charge < -0.3 is 9.84 Å². The molecule has 0 aliphatic carbocycles. The molecule has 0 saturated heterocycles. The lowest BCUT2D eigenvalue weighted by Crippen LogP contribution is -2.26. The molecule has 4 heteroatoms. The number of esters is 1. The maximum absolute atomic E-state index is 11.0. The molecule has 0 heterocycles. The number of ether oxygens (including phenoxy) is 1. The minimum absolute atomic E-state index is 0.287. The first-order chi connectivity index (χ1) is 8.14. The molecule has 0 bridgehead atoms. The Morgan fingerprint density at radius 3 is 1.56 bits per heavy atom. The van der Waals surface area contributed by atoms with Crippen molar-refractivity contribution >= 4 is 11.9 Å². The van der Waals surface area contributed by atoms with Crippen molar-refractivity contribution in [1.82, 2.24) is 0 Å². The molecule has 0 spiro atoms. The van der Waals surface area contributed by atoms with Gasteiger partial charge in [-0.2, -0.15) is 0 Å². The van der Waals surface area contributed by atoms with E-state index in [2.05, 4.69) is 32.4 Å². The van der Waals surface area contributed by atoms with Crippen molar-refractivity contribution in [1.29, 1.82) is 0 Å². The van der Waals surface area contributed by atoms with Gasteiger partial charge in [-0.05, 0) is 18.8 Å². The third kappa shape index (κ3) is 9.02. The Bertz CT molecular complexity index is 240. The summed E-state index contributed by atoms with van der Waals surface area (Å²) in [4.78, 5) is 21.4. The zero-order valence-corrected chi connectivity index (χ0v) is 12.7. The van der Waals surface area contributed by atoms with Crippen LogP contribution in [0.25, 0.3) is 0 Å². The number of aliphatic carboxylic acids is 1. The van der Waals surface area contributed by atoms with Gasteiger partial charge in [0.05, 0.1) is 18.4 Å². The molecule has 0 amide bonds. The molecule has 2 atom stereocenters. The Hall–Kier alpha value is -1.06. The van der Waals surface area contributed by atoms with E-state index >= 15 is 0 Å².